The standard InChI is InChI=1S/C19H18/c1-15-13-14-19(16(15)2,17-9-5-3-6-10-17)18-11-7-4-8-12-18/h3-14H,1-2H3. The van der Waals surface area contributed by atoms with Crippen LogP contribution in [0.3, 0.4) is 0 Å². The summed E-state index contributed by atoms with van der Waals surface area (Å²) in [5.74, 6) is 0. The third-order valence-electron chi connectivity index (χ3n) is 4.22. The van der Waals surface area contributed by atoms with Crippen molar-refractivity contribution in [1.82, 2.24) is 0 Å². The van der Waals surface area contributed by atoms with Gasteiger partial charge in [-0.1, -0.05) is 84.0 Å². The van der Waals surface area contributed by atoms with E-state index in [0.29, 0.717) is 0 Å². The monoisotopic (exact) mass is 246 g/mol. The van der Waals surface area contributed by atoms with Crippen LogP contribution < -0.4 is 0 Å². The Labute approximate surface area is 115 Å². The first-order chi connectivity index (χ1) is 9.25. The van der Waals surface area contributed by atoms with Gasteiger partial charge in [0.25, 0.3) is 0 Å². The summed E-state index contributed by atoms with van der Waals surface area (Å²) >= 11 is 0. The minimum absolute atomic E-state index is 0.0907. The fourth-order valence-electron chi connectivity index (χ4n) is 3.01. The minimum Gasteiger partial charge on any atom is -0.0653 e. The molecule has 0 N–H and O–H groups in total. The molecule has 19 heavy (non-hydrogen) atoms. The van der Waals surface area contributed by atoms with Crippen LogP contribution in [0.4, 0.5) is 0 Å². The zero-order valence-electron chi connectivity index (χ0n) is 11.4. The molecule has 0 atom stereocenters. The van der Waals surface area contributed by atoms with Crippen LogP contribution >= 0.6 is 0 Å². The molecule has 0 aliphatic heterocycles. The first-order valence-corrected chi connectivity index (χ1v) is 6.73. The number of allylic oxidation sites excluding steroid dienone is 4. The maximum atomic E-state index is 2.34. The van der Waals surface area contributed by atoms with Gasteiger partial charge in [-0.2, -0.15) is 0 Å². The first-order valence-electron chi connectivity index (χ1n) is 6.73. The fourth-order valence-corrected chi connectivity index (χ4v) is 3.01. The van der Waals surface area contributed by atoms with Gasteiger partial charge in [0, 0.05) is 0 Å². The van der Waals surface area contributed by atoms with Crippen molar-refractivity contribution >= 4 is 0 Å². The first kappa shape index (κ1) is 12.0. The van der Waals surface area contributed by atoms with E-state index in [1.165, 1.54) is 22.3 Å². The Hall–Kier alpha value is -2.08. The smallest absolute Gasteiger partial charge is 0.0598 e. The Balaban J connectivity index is 2.28. The summed E-state index contributed by atoms with van der Waals surface area (Å²) in [6.07, 6.45) is 4.58. The summed E-state index contributed by atoms with van der Waals surface area (Å²) in [6, 6.07) is 21.5. The third kappa shape index (κ3) is 1.76. The Bertz CT molecular complexity index is 591. The molecule has 0 saturated heterocycles. The molecule has 2 aromatic rings. The zero-order chi connectivity index (χ0) is 13.3. The van der Waals surface area contributed by atoms with E-state index in [9.17, 15) is 0 Å². The molecule has 94 valence electrons. The summed E-state index contributed by atoms with van der Waals surface area (Å²) < 4.78 is 0. The number of hydrogen-bond acceptors (Lipinski definition) is 0. The van der Waals surface area contributed by atoms with Gasteiger partial charge in [-0.15, -0.1) is 0 Å². The van der Waals surface area contributed by atoms with Crippen molar-refractivity contribution in [3.8, 4) is 0 Å². The van der Waals surface area contributed by atoms with Crippen molar-refractivity contribution in [2.45, 2.75) is 19.3 Å². The molecule has 2 aromatic carbocycles. The maximum Gasteiger partial charge on any atom is 0.0598 e. The van der Waals surface area contributed by atoms with Gasteiger partial charge in [0.05, 0.1) is 5.41 Å². The van der Waals surface area contributed by atoms with Gasteiger partial charge in [0.1, 0.15) is 0 Å². The lowest BCUT2D eigenvalue weighted by Gasteiger charge is -2.31. The Kier molecular flexibility index (Phi) is 2.87. The van der Waals surface area contributed by atoms with Crippen LogP contribution in [0.1, 0.15) is 25.0 Å². The van der Waals surface area contributed by atoms with Crippen LogP contribution in [-0.2, 0) is 5.41 Å². The predicted molar refractivity (Wildman–Crippen MR) is 81.2 cm³/mol. The van der Waals surface area contributed by atoms with Crippen molar-refractivity contribution in [3.63, 3.8) is 0 Å². The van der Waals surface area contributed by atoms with Crippen LogP contribution in [0, 0.1) is 0 Å². The lowest BCUT2D eigenvalue weighted by molar-refractivity contribution is 0.766. The van der Waals surface area contributed by atoms with Crippen LogP contribution in [-0.4, -0.2) is 0 Å². The molecule has 3 rings (SSSR count). The fraction of sp³-hybridized carbons (Fsp3) is 0.158. The quantitative estimate of drug-likeness (QED) is 0.708. The maximum absolute atomic E-state index is 2.34. The average Bonchev–Trinajstić information content (AvgIpc) is 2.78. The number of rotatable bonds is 2. The molecule has 0 amide bonds. The second kappa shape index (κ2) is 4.55. The molecule has 0 nitrogen and oxygen atoms in total. The van der Waals surface area contributed by atoms with E-state index in [1.807, 2.05) is 0 Å². The molecule has 0 spiro atoms. The van der Waals surface area contributed by atoms with E-state index in [1.54, 1.807) is 0 Å². The second-order valence-corrected chi connectivity index (χ2v) is 5.18. The highest BCUT2D eigenvalue weighted by atomic mass is 14.4. The highest BCUT2D eigenvalue weighted by Crippen LogP contribution is 2.45. The molecule has 0 saturated carbocycles. The highest BCUT2D eigenvalue weighted by Gasteiger charge is 2.36. The lowest BCUT2D eigenvalue weighted by atomic mass is 9.71. The summed E-state index contributed by atoms with van der Waals surface area (Å²) in [5.41, 5.74) is 5.38. The van der Waals surface area contributed by atoms with Crippen molar-refractivity contribution in [2.75, 3.05) is 0 Å². The van der Waals surface area contributed by atoms with E-state index in [0.717, 1.165) is 0 Å². The van der Waals surface area contributed by atoms with E-state index < -0.39 is 0 Å². The van der Waals surface area contributed by atoms with Gasteiger partial charge in [-0.05, 0) is 25.0 Å². The second-order valence-electron chi connectivity index (χ2n) is 5.18. The van der Waals surface area contributed by atoms with Gasteiger partial charge < -0.3 is 0 Å². The van der Waals surface area contributed by atoms with Crippen LogP contribution in [0.25, 0.3) is 0 Å². The molecule has 0 heteroatoms. The molecule has 0 fully saturated rings. The van der Waals surface area contributed by atoms with Crippen molar-refractivity contribution in [3.05, 3.63) is 95.1 Å². The Morgan fingerprint density at radius 2 is 1.16 bits per heavy atom. The van der Waals surface area contributed by atoms with E-state index in [4.69, 9.17) is 0 Å². The van der Waals surface area contributed by atoms with E-state index in [-0.39, 0.29) is 5.41 Å². The average molecular weight is 246 g/mol. The predicted octanol–water partition coefficient (Wildman–Crippen LogP) is 4.88. The molecule has 0 bridgehead atoms. The largest absolute Gasteiger partial charge is 0.0653 e. The summed E-state index contributed by atoms with van der Waals surface area (Å²) in [4.78, 5) is 0. The molecule has 1 aliphatic carbocycles. The SMILES string of the molecule is CC1=C(C)C(c2ccccc2)(c2ccccc2)C=C1. The van der Waals surface area contributed by atoms with Crippen molar-refractivity contribution in [1.29, 1.82) is 0 Å². The topological polar surface area (TPSA) is 0 Å². The summed E-state index contributed by atoms with van der Waals surface area (Å²) in [5, 5.41) is 0. The summed E-state index contributed by atoms with van der Waals surface area (Å²) in [7, 11) is 0. The minimum atomic E-state index is -0.0907. The summed E-state index contributed by atoms with van der Waals surface area (Å²) in [6.45, 7) is 4.44. The van der Waals surface area contributed by atoms with Gasteiger partial charge in [0.2, 0.25) is 0 Å². The Morgan fingerprint density at radius 3 is 1.53 bits per heavy atom. The van der Waals surface area contributed by atoms with E-state index in [2.05, 4.69) is 86.7 Å². The number of benzene rings is 2. The molecule has 1 aliphatic rings. The van der Waals surface area contributed by atoms with Gasteiger partial charge in [0.15, 0.2) is 0 Å². The molecule has 0 aromatic heterocycles. The van der Waals surface area contributed by atoms with Crippen LogP contribution in [0.5, 0.6) is 0 Å². The van der Waals surface area contributed by atoms with Crippen LogP contribution in [0.15, 0.2) is 84.0 Å². The molecule has 0 heterocycles. The zero-order valence-corrected chi connectivity index (χ0v) is 11.4. The van der Waals surface area contributed by atoms with Crippen molar-refractivity contribution < 1.29 is 0 Å². The molecular formula is C19H18. The number of hydrogen-bond donors (Lipinski definition) is 0. The third-order valence-corrected chi connectivity index (χ3v) is 4.22. The normalized spacial score (nSPS) is 16.9. The van der Waals surface area contributed by atoms with Gasteiger partial charge >= 0.3 is 0 Å². The lowest BCUT2D eigenvalue weighted by Crippen LogP contribution is -2.25. The van der Waals surface area contributed by atoms with Crippen molar-refractivity contribution in [2.24, 2.45) is 0 Å². The molecule has 0 unspecified atom stereocenters. The van der Waals surface area contributed by atoms with Gasteiger partial charge in [-0.25, -0.2) is 0 Å². The molecular weight excluding hydrogens is 228 g/mol. The van der Waals surface area contributed by atoms with Gasteiger partial charge in [-0.3, -0.25) is 0 Å². The van der Waals surface area contributed by atoms with Crippen LogP contribution in [0.2, 0.25) is 0 Å². The Morgan fingerprint density at radius 1 is 0.684 bits per heavy atom. The highest BCUT2D eigenvalue weighted by molar-refractivity contribution is 5.59. The van der Waals surface area contributed by atoms with E-state index >= 15 is 0 Å². The molecule has 0 radical (unpaired) electrons.